The fourth-order valence-corrected chi connectivity index (χ4v) is 1.46. The first-order chi connectivity index (χ1) is 8.67. The summed E-state index contributed by atoms with van der Waals surface area (Å²) in [5, 5.41) is 14.3. The van der Waals surface area contributed by atoms with Crippen LogP contribution in [-0.4, -0.2) is 25.8 Å². The van der Waals surface area contributed by atoms with E-state index in [2.05, 4.69) is 10.6 Å². The van der Waals surface area contributed by atoms with Crippen LogP contribution in [0.4, 0.5) is 10.5 Å². The maximum Gasteiger partial charge on any atom is 0.319 e. The van der Waals surface area contributed by atoms with E-state index in [1.54, 1.807) is 12.1 Å². The normalized spacial score (nSPS) is 9.61. The zero-order chi connectivity index (χ0) is 13.4. The number of carbonyl (C=O) groups excluding carboxylic acids is 1. The van der Waals surface area contributed by atoms with Crippen LogP contribution in [0.2, 0.25) is 5.02 Å². The third-order valence-corrected chi connectivity index (χ3v) is 2.40. The number of halogens is 1. The van der Waals surface area contributed by atoms with Gasteiger partial charge in [0, 0.05) is 18.8 Å². The summed E-state index contributed by atoms with van der Waals surface area (Å²) in [6.45, 7) is 3.41. The summed E-state index contributed by atoms with van der Waals surface area (Å²) in [5.74, 6) is 0. The molecule has 18 heavy (non-hydrogen) atoms. The molecule has 0 saturated heterocycles. The van der Waals surface area contributed by atoms with Gasteiger partial charge in [-0.25, -0.2) is 4.79 Å². The number of carbonyl (C=O) groups is 1. The molecule has 0 saturated carbocycles. The molecule has 2 amide bonds. The van der Waals surface area contributed by atoms with Crippen LogP contribution in [0.25, 0.3) is 0 Å². The van der Waals surface area contributed by atoms with E-state index >= 15 is 0 Å². The molecule has 2 N–H and O–H groups in total. The quantitative estimate of drug-likeness (QED) is 0.805. The van der Waals surface area contributed by atoms with Gasteiger partial charge in [-0.05, 0) is 25.1 Å². The summed E-state index contributed by atoms with van der Waals surface area (Å²) in [6, 6.07) is 6.31. The summed E-state index contributed by atoms with van der Waals surface area (Å²) in [5.41, 5.74) is 0.909. The Hall–Kier alpha value is -1.77. The molecule has 5 nitrogen and oxygen atoms in total. The first-order valence-corrected chi connectivity index (χ1v) is 5.87. The number of nitriles is 1. The smallest absolute Gasteiger partial charge is 0.319 e. The van der Waals surface area contributed by atoms with E-state index in [0.717, 1.165) is 0 Å². The summed E-state index contributed by atoms with van der Waals surface area (Å²) in [4.78, 5) is 11.5. The fourth-order valence-electron chi connectivity index (χ4n) is 1.24. The lowest BCUT2D eigenvalue weighted by Crippen LogP contribution is -2.31. The highest BCUT2D eigenvalue weighted by Gasteiger charge is 2.04. The van der Waals surface area contributed by atoms with Crippen molar-refractivity contribution in [2.45, 2.75) is 6.92 Å². The minimum atomic E-state index is -0.338. The number of hydrogen-bond acceptors (Lipinski definition) is 3. The molecular weight excluding hydrogens is 254 g/mol. The zero-order valence-electron chi connectivity index (χ0n) is 10.00. The van der Waals surface area contributed by atoms with Gasteiger partial charge in [-0.3, -0.25) is 0 Å². The average molecular weight is 268 g/mol. The number of urea groups is 1. The molecule has 1 aromatic carbocycles. The lowest BCUT2D eigenvalue weighted by atomic mass is 10.2. The van der Waals surface area contributed by atoms with Crippen molar-refractivity contribution in [1.82, 2.24) is 5.32 Å². The van der Waals surface area contributed by atoms with Crippen molar-refractivity contribution in [2.75, 3.05) is 25.1 Å². The molecule has 0 heterocycles. The Balaban J connectivity index is 2.45. The standard InChI is InChI=1S/C12H14ClN3O2/c1-2-18-6-5-15-12(17)16-10-4-3-9(8-14)11(13)7-10/h3-4,7H,2,5-6H2,1H3,(H2,15,16,17). The molecule has 1 aromatic rings. The predicted molar refractivity (Wildman–Crippen MR) is 69.7 cm³/mol. The van der Waals surface area contributed by atoms with E-state index in [0.29, 0.717) is 36.0 Å². The van der Waals surface area contributed by atoms with Crippen LogP contribution in [0.15, 0.2) is 18.2 Å². The summed E-state index contributed by atoms with van der Waals surface area (Å²) in [6.07, 6.45) is 0. The number of hydrogen-bond donors (Lipinski definition) is 2. The van der Waals surface area contributed by atoms with Gasteiger partial charge in [-0.1, -0.05) is 11.6 Å². The van der Waals surface area contributed by atoms with E-state index in [4.69, 9.17) is 21.6 Å². The SMILES string of the molecule is CCOCCNC(=O)Nc1ccc(C#N)c(Cl)c1. The lowest BCUT2D eigenvalue weighted by Gasteiger charge is -2.08. The highest BCUT2D eigenvalue weighted by atomic mass is 35.5. The Morgan fingerprint density at radius 1 is 1.56 bits per heavy atom. The number of amides is 2. The first kappa shape index (κ1) is 14.3. The maximum absolute atomic E-state index is 11.5. The molecule has 0 bridgehead atoms. The Morgan fingerprint density at radius 2 is 2.33 bits per heavy atom. The minimum Gasteiger partial charge on any atom is -0.380 e. The van der Waals surface area contributed by atoms with Gasteiger partial charge in [-0.15, -0.1) is 0 Å². The number of nitrogens with one attached hydrogen (secondary N) is 2. The highest BCUT2D eigenvalue weighted by molar-refractivity contribution is 6.32. The van der Waals surface area contributed by atoms with Crippen LogP contribution in [0.1, 0.15) is 12.5 Å². The predicted octanol–water partition coefficient (Wildman–Crippen LogP) is 2.37. The van der Waals surface area contributed by atoms with E-state index < -0.39 is 0 Å². The largest absolute Gasteiger partial charge is 0.380 e. The molecule has 6 heteroatoms. The Bertz CT molecular complexity index is 457. The van der Waals surface area contributed by atoms with Gasteiger partial charge in [0.25, 0.3) is 0 Å². The Kier molecular flexibility index (Phi) is 5.98. The molecule has 0 aromatic heterocycles. The van der Waals surface area contributed by atoms with Gasteiger partial charge >= 0.3 is 6.03 Å². The zero-order valence-corrected chi connectivity index (χ0v) is 10.8. The van der Waals surface area contributed by atoms with Gasteiger partial charge in [0.1, 0.15) is 6.07 Å². The van der Waals surface area contributed by atoms with Gasteiger partial charge in [0.2, 0.25) is 0 Å². The van der Waals surface area contributed by atoms with Gasteiger partial charge in [0.05, 0.1) is 17.2 Å². The molecule has 0 aliphatic heterocycles. The van der Waals surface area contributed by atoms with Gasteiger partial charge in [0.15, 0.2) is 0 Å². The fraction of sp³-hybridized carbons (Fsp3) is 0.333. The van der Waals surface area contributed by atoms with Gasteiger partial charge < -0.3 is 15.4 Å². The van der Waals surface area contributed by atoms with Crippen LogP contribution in [-0.2, 0) is 4.74 Å². The van der Waals surface area contributed by atoms with Crippen LogP contribution in [0.5, 0.6) is 0 Å². The molecule has 0 aliphatic carbocycles. The molecule has 1 rings (SSSR count). The van der Waals surface area contributed by atoms with Crippen molar-refractivity contribution in [2.24, 2.45) is 0 Å². The first-order valence-electron chi connectivity index (χ1n) is 5.49. The van der Waals surface area contributed by atoms with E-state index in [1.165, 1.54) is 6.07 Å². The second-order valence-corrected chi connectivity index (χ2v) is 3.79. The summed E-state index contributed by atoms with van der Waals surface area (Å²) in [7, 11) is 0. The van der Waals surface area contributed by atoms with Crippen molar-refractivity contribution in [3.05, 3.63) is 28.8 Å². The van der Waals surface area contributed by atoms with Crippen molar-refractivity contribution in [1.29, 1.82) is 5.26 Å². The molecular formula is C12H14ClN3O2. The number of ether oxygens (including phenoxy) is 1. The topological polar surface area (TPSA) is 74.2 Å². The van der Waals surface area contributed by atoms with Crippen LogP contribution in [0.3, 0.4) is 0 Å². The number of rotatable bonds is 5. The highest BCUT2D eigenvalue weighted by Crippen LogP contribution is 2.19. The molecule has 0 unspecified atom stereocenters. The van der Waals surface area contributed by atoms with Crippen molar-refractivity contribution >= 4 is 23.3 Å². The van der Waals surface area contributed by atoms with Crippen molar-refractivity contribution < 1.29 is 9.53 Å². The lowest BCUT2D eigenvalue weighted by molar-refractivity contribution is 0.150. The van der Waals surface area contributed by atoms with E-state index in [-0.39, 0.29) is 6.03 Å². The molecule has 0 spiro atoms. The number of anilines is 1. The molecule has 0 radical (unpaired) electrons. The van der Waals surface area contributed by atoms with Crippen LogP contribution in [0, 0.1) is 11.3 Å². The van der Waals surface area contributed by atoms with Crippen molar-refractivity contribution in [3.8, 4) is 6.07 Å². The maximum atomic E-state index is 11.5. The molecule has 0 atom stereocenters. The minimum absolute atomic E-state index is 0.310. The summed E-state index contributed by atoms with van der Waals surface area (Å²) < 4.78 is 5.08. The third-order valence-electron chi connectivity index (χ3n) is 2.08. The second-order valence-electron chi connectivity index (χ2n) is 3.38. The number of nitrogens with zero attached hydrogens (tertiary/aromatic N) is 1. The van der Waals surface area contributed by atoms with Crippen LogP contribution < -0.4 is 10.6 Å². The monoisotopic (exact) mass is 267 g/mol. The number of benzene rings is 1. The molecule has 0 aliphatic rings. The second kappa shape index (κ2) is 7.54. The average Bonchev–Trinajstić information content (AvgIpc) is 2.35. The van der Waals surface area contributed by atoms with E-state index in [9.17, 15) is 4.79 Å². The summed E-state index contributed by atoms with van der Waals surface area (Å²) >= 11 is 5.84. The van der Waals surface area contributed by atoms with Crippen LogP contribution >= 0.6 is 11.6 Å². The van der Waals surface area contributed by atoms with Crippen molar-refractivity contribution in [3.63, 3.8) is 0 Å². The Labute approximate surface area is 111 Å². The molecule has 96 valence electrons. The third kappa shape index (κ3) is 4.62. The van der Waals surface area contributed by atoms with E-state index in [1.807, 2.05) is 13.0 Å². The molecule has 0 fully saturated rings. The van der Waals surface area contributed by atoms with Gasteiger partial charge in [-0.2, -0.15) is 5.26 Å². The Morgan fingerprint density at radius 3 is 2.94 bits per heavy atom.